The molecule has 0 radical (unpaired) electrons. The van der Waals surface area contributed by atoms with Gasteiger partial charge in [0.1, 0.15) is 11.8 Å². The number of rotatable bonds is 2. The van der Waals surface area contributed by atoms with Crippen molar-refractivity contribution in [3.8, 4) is 0 Å². The second-order valence-electron chi connectivity index (χ2n) is 5.67. The van der Waals surface area contributed by atoms with E-state index in [0.717, 1.165) is 0 Å². The Balaban J connectivity index is 2.64. The summed E-state index contributed by atoms with van der Waals surface area (Å²) in [7, 11) is 0. The molecule has 1 aliphatic rings. The average molecular weight is 275 g/mol. The van der Waals surface area contributed by atoms with Gasteiger partial charge in [0.15, 0.2) is 0 Å². The number of alkyl halides is 1. The summed E-state index contributed by atoms with van der Waals surface area (Å²) in [4.78, 5) is 24.7. The molecule has 1 amide bonds. The molecule has 1 heterocycles. The van der Waals surface area contributed by atoms with E-state index in [1.54, 1.807) is 27.7 Å². The van der Waals surface area contributed by atoms with Crippen molar-refractivity contribution < 1.29 is 23.5 Å². The van der Waals surface area contributed by atoms with Crippen molar-refractivity contribution >= 4 is 12.1 Å². The van der Waals surface area contributed by atoms with Gasteiger partial charge in [0.05, 0.1) is 19.1 Å². The van der Waals surface area contributed by atoms with Crippen molar-refractivity contribution in [3.63, 3.8) is 0 Å². The number of nitrogens with zero attached hydrogens (tertiary/aromatic N) is 1. The smallest absolute Gasteiger partial charge is 0.410 e. The van der Waals surface area contributed by atoms with E-state index in [1.165, 1.54) is 4.90 Å². The quantitative estimate of drug-likeness (QED) is 0.725. The van der Waals surface area contributed by atoms with Gasteiger partial charge in [0, 0.05) is 6.54 Å². The van der Waals surface area contributed by atoms with E-state index in [0.29, 0.717) is 0 Å². The van der Waals surface area contributed by atoms with Crippen molar-refractivity contribution in [2.45, 2.75) is 45.9 Å². The molecule has 0 aromatic heterocycles. The Morgan fingerprint density at radius 3 is 2.47 bits per heavy atom. The minimum absolute atomic E-state index is 0.0369. The molecule has 19 heavy (non-hydrogen) atoms. The molecular weight excluding hydrogens is 253 g/mol. The zero-order valence-corrected chi connectivity index (χ0v) is 11.9. The SMILES string of the molecule is CCOC(=O)[C@H]1C[C@@H](F)CN(C(=O)OC(C)(C)C)C1. The van der Waals surface area contributed by atoms with Crippen molar-refractivity contribution in [3.05, 3.63) is 0 Å². The van der Waals surface area contributed by atoms with Crippen LogP contribution in [0, 0.1) is 5.92 Å². The first kappa shape index (κ1) is 15.7. The molecule has 1 rings (SSSR count). The van der Waals surface area contributed by atoms with Gasteiger partial charge in [-0.2, -0.15) is 0 Å². The molecule has 0 unspecified atom stereocenters. The summed E-state index contributed by atoms with van der Waals surface area (Å²) in [6.07, 6.45) is -1.72. The first-order chi connectivity index (χ1) is 8.73. The lowest BCUT2D eigenvalue weighted by molar-refractivity contribution is -0.150. The Hall–Kier alpha value is -1.33. The molecule has 0 spiro atoms. The van der Waals surface area contributed by atoms with Crippen LogP contribution in [0.4, 0.5) is 9.18 Å². The average Bonchev–Trinajstić information content (AvgIpc) is 2.26. The third-order valence-electron chi connectivity index (χ3n) is 2.67. The minimum Gasteiger partial charge on any atom is -0.466 e. The third-order valence-corrected chi connectivity index (χ3v) is 2.67. The normalized spacial score (nSPS) is 23.9. The molecule has 0 saturated carbocycles. The monoisotopic (exact) mass is 275 g/mol. The second kappa shape index (κ2) is 6.21. The predicted molar refractivity (Wildman–Crippen MR) is 67.4 cm³/mol. The zero-order valence-electron chi connectivity index (χ0n) is 11.9. The Morgan fingerprint density at radius 1 is 1.32 bits per heavy atom. The molecule has 1 aliphatic heterocycles. The van der Waals surface area contributed by atoms with Crippen LogP contribution in [-0.2, 0) is 14.3 Å². The van der Waals surface area contributed by atoms with Crippen molar-refractivity contribution in [2.24, 2.45) is 5.92 Å². The summed E-state index contributed by atoms with van der Waals surface area (Å²) in [6, 6.07) is 0. The highest BCUT2D eigenvalue weighted by Gasteiger charge is 2.36. The summed E-state index contributed by atoms with van der Waals surface area (Å²) >= 11 is 0. The number of amides is 1. The largest absolute Gasteiger partial charge is 0.466 e. The van der Waals surface area contributed by atoms with Gasteiger partial charge in [0.25, 0.3) is 0 Å². The second-order valence-corrected chi connectivity index (χ2v) is 5.67. The highest BCUT2D eigenvalue weighted by Crippen LogP contribution is 2.22. The molecule has 2 atom stereocenters. The maximum atomic E-state index is 13.6. The first-order valence-corrected chi connectivity index (χ1v) is 6.51. The van der Waals surface area contributed by atoms with Gasteiger partial charge < -0.3 is 14.4 Å². The molecular formula is C13H22FNO4. The summed E-state index contributed by atoms with van der Waals surface area (Å²) in [6.45, 7) is 7.27. The molecule has 0 N–H and O–H groups in total. The van der Waals surface area contributed by atoms with E-state index in [9.17, 15) is 14.0 Å². The number of carbonyl (C=O) groups is 2. The zero-order chi connectivity index (χ0) is 14.6. The summed E-state index contributed by atoms with van der Waals surface area (Å²) in [5, 5.41) is 0. The van der Waals surface area contributed by atoms with Gasteiger partial charge in [-0.1, -0.05) is 0 Å². The number of piperidine rings is 1. The molecule has 0 aromatic carbocycles. The maximum absolute atomic E-state index is 13.6. The topological polar surface area (TPSA) is 55.8 Å². The van der Waals surface area contributed by atoms with Crippen LogP contribution in [0.3, 0.4) is 0 Å². The Morgan fingerprint density at radius 2 is 1.95 bits per heavy atom. The van der Waals surface area contributed by atoms with Crippen LogP contribution in [0.5, 0.6) is 0 Å². The number of hydrogen-bond donors (Lipinski definition) is 0. The lowest BCUT2D eigenvalue weighted by Crippen LogP contribution is -2.49. The molecule has 6 heteroatoms. The van der Waals surface area contributed by atoms with Gasteiger partial charge in [-0.25, -0.2) is 9.18 Å². The summed E-state index contributed by atoms with van der Waals surface area (Å²) in [5.74, 6) is -1.07. The van der Waals surface area contributed by atoms with Crippen LogP contribution >= 0.6 is 0 Å². The van der Waals surface area contributed by atoms with Gasteiger partial charge >= 0.3 is 12.1 Å². The van der Waals surface area contributed by atoms with Crippen molar-refractivity contribution in [1.82, 2.24) is 4.90 Å². The van der Waals surface area contributed by atoms with E-state index in [-0.39, 0.29) is 26.1 Å². The molecule has 0 aromatic rings. The van der Waals surface area contributed by atoms with Gasteiger partial charge in [0.2, 0.25) is 0 Å². The van der Waals surface area contributed by atoms with Crippen LogP contribution in [0.1, 0.15) is 34.1 Å². The van der Waals surface area contributed by atoms with Gasteiger partial charge in [-0.3, -0.25) is 4.79 Å². The van der Waals surface area contributed by atoms with Crippen LogP contribution in [0.2, 0.25) is 0 Å². The number of hydrogen-bond acceptors (Lipinski definition) is 4. The van der Waals surface area contributed by atoms with Crippen LogP contribution < -0.4 is 0 Å². The van der Waals surface area contributed by atoms with Gasteiger partial charge in [-0.05, 0) is 34.1 Å². The molecule has 0 bridgehead atoms. The number of carbonyl (C=O) groups excluding carboxylic acids is 2. The summed E-state index contributed by atoms with van der Waals surface area (Å²) < 4.78 is 23.7. The highest BCUT2D eigenvalue weighted by molar-refractivity contribution is 5.75. The van der Waals surface area contributed by atoms with E-state index in [4.69, 9.17) is 9.47 Å². The highest BCUT2D eigenvalue weighted by atomic mass is 19.1. The number of ether oxygens (including phenoxy) is 2. The fourth-order valence-corrected chi connectivity index (χ4v) is 1.94. The molecule has 5 nitrogen and oxygen atoms in total. The minimum atomic E-state index is -1.23. The molecule has 1 saturated heterocycles. The lowest BCUT2D eigenvalue weighted by Gasteiger charge is -2.34. The number of halogens is 1. The molecule has 110 valence electrons. The first-order valence-electron chi connectivity index (χ1n) is 6.51. The van der Waals surface area contributed by atoms with Gasteiger partial charge in [-0.15, -0.1) is 0 Å². The number of likely N-dealkylation sites (tertiary alicyclic amines) is 1. The van der Waals surface area contributed by atoms with E-state index in [2.05, 4.69) is 0 Å². The van der Waals surface area contributed by atoms with Crippen LogP contribution in [0.15, 0.2) is 0 Å². The van der Waals surface area contributed by atoms with Crippen molar-refractivity contribution in [1.29, 1.82) is 0 Å². The third kappa shape index (κ3) is 5.04. The van der Waals surface area contributed by atoms with E-state index in [1.807, 2.05) is 0 Å². The standard InChI is InChI=1S/C13H22FNO4/c1-5-18-11(16)9-6-10(14)8-15(7-9)12(17)19-13(2,3)4/h9-10H,5-8H2,1-4H3/t9-,10+/m0/s1. The molecule has 1 fully saturated rings. The Bertz CT molecular complexity index is 340. The van der Waals surface area contributed by atoms with E-state index >= 15 is 0 Å². The maximum Gasteiger partial charge on any atom is 0.410 e. The van der Waals surface area contributed by atoms with Crippen molar-refractivity contribution in [2.75, 3.05) is 19.7 Å². The van der Waals surface area contributed by atoms with E-state index < -0.39 is 29.8 Å². The fraction of sp³-hybridized carbons (Fsp3) is 0.846. The lowest BCUT2D eigenvalue weighted by atomic mass is 9.97. The van der Waals surface area contributed by atoms with Crippen LogP contribution in [0.25, 0.3) is 0 Å². The molecule has 0 aliphatic carbocycles. The number of esters is 1. The van der Waals surface area contributed by atoms with Crippen LogP contribution in [-0.4, -0.2) is 48.4 Å². The predicted octanol–water partition coefficient (Wildman–Crippen LogP) is 2.14. The fourth-order valence-electron chi connectivity index (χ4n) is 1.94. The Kier molecular flexibility index (Phi) is 5.14. The summed E-state index contributed by atoms with van der Waals surface area (Å²) in [5.41, 5.74) is -0.639. The Labute approximate surface area is 113 Å².